The number of benzene rings is 1. The van der Waals surface area contributed by atoms with E-state index in [0.717, 1.165) is 6.42 Å². The summed E-state index contributed by atoms with van der Waals surface area (Å²) in [6.07, 6.45) is 7.35. The fourth-order valence-electron chi connectivity index (χ4n) is 1.39. The molecule has 0 bridgehead atoms. The van der Waals surface area contributed by atoms with Gasteiger partial charge in [0.2, 0.25) is 0 Å². The monoisotopic (exact) mass is 269 g/mol. The molecule has 1 rings (SSSR count). The lowest BCUT2D eigenvalue weighted by Gasteiger charge is -2.12. The van der Waals surface area contributed by atoms with Crippen molar-refractivity contribution in [2.24, 2.45) is 5.73 Å². The SMILES string of the molecule is C#CCCCC(N)c1cccc(Br)c1F. The van der Waals surface area contributed by atoms with Crippen LogP contribution in [-0.2, 0) is 0 Å². The number of rotatable bonds is 4. The van der Waals surface area contributed by atoms with Crippen molar-refractivity contribution < 1.29 is 4.39 Å². The van der Waals surface area contributed by atoms with Gasteiger partial charge in [0, 0.05) is 18.0 Å². The number of hydrogen-bond acceptors (Lipinski definition) is 1. The summed E-state index contributed by atoms with van der Waals surface area (Å²) >= 11 is 3.13. The summed E-state index contributed by atoms with van der Waals surface area (Å²) in [6, 6.07) is 4.87. The van der Waals surface area contributed by atoms with Gasteiger partial charge in [-0.25, -0.2) is 4.39 Å². The van der Waals surface area contributed by atoms with E-state index in [0.29, 0.717) is 22.9 Å². The Bertz CT molecular complexity index is 370. The lowest BCUT2D eigenvalue weighted by Crippen LogP contribution is -2.12. The molecule has 0 radical (unpaired) electrons. The normalized spacial score (nSPS) is 12.1. The molecule has 15 heavy (non-hydrogen) atoms. The van der Waals surface area contributed by atoms with E-state index in [9.17, 15) is 4.39 Å². The van der Waals surface area contributed by atoms with E-state index in [1.54, 1.807) is 18.2 Å². The molecule has 0 saturated heterocycles. The summed E-state index contributed by atoms with van der Waals surface area (Å²) in [5.41, 5.74) is 6.42. The first-order valence-corrected chi connectivity index (χ1v) is 5.59. The van der Waals surface area contributed by atoms with Crippen molar-refractivity contribution in [2.45, 2.75) is 25.3 Å². The Morgan fingerprint density at radius 2 is 2.27 bits per heavy atom. The minimum absolute atomic E-state index is 0.272. The van der Waals surface area contributed by atoms with Gasteiger partial charge in [-0.05, 0) is 34.8 Å². The first-order chi connectivity index (χ1) is 7.16. The fraction of sp³-hybridized carbons (Fsp3) is 0.333. The zero-order valence-electron chi connectivity index (χ0n) is 8.34. The van der Waals surface area contributed by atoms with Crippen molar-refractivity contribution in [3.63, 3.8) is 0 Å². The molecule has 0 aliphatic rings. The number of hydrogen-bond donors (Lipinski definition) is 1. The van der Waals surface area contributed by atoms with Crippen LogP contribution in [0.25, 0.3) is 0 Å². The molecular formula is C12H13BrFN. The van der Waals surface area contributed by atoms with Crippen LogP contribution in [0.4, 0.5) is 4.39 Å². The Morgan fingerprint density at radius 1 is 1.53 bits per heavy atom. The third-order valence-corrected chi connectivity index (χ3v) is 2.83. The highest BCUT2D eigenvalue weighted by molar-refractivity contribution is 9.10. The molecule has 80 valence electrons. The van der Waals surface area contributed by atoms with E-state index in [1.165, 1.54) is 0 Å². The second-order valence-corrected chi connectivity index (χ2v) is 4.20. The van der Waals surface area contributed by atoms with E-state index >= 15 is 0 Å². The zero-order chi connectivity index (χ0) is 11.3. The Morgan fingerprint density at radius 3 is 2.93 bits per heavy atom. The van der Waals surface area contributed by atoms with Crippen LogP contribution in [0.2, 0.25) is 0 Å². The highest BCUT2D eigenvalue weighted by Gasteiger charge is 2.12. The van der Waals surface area contributed by atoms with Crippen LogP contribution >= 0.6 is 15.9 Å². The number of unbranched alkanes of at least 4 members (excludes halogenated alkanes) is 1. The lowest BCUT2D eigenvalue weighted by atomic mass is 10.0. The van der Waals surface area contributed by atoms with Crippen molar-refractivity contribution in [3.8, 4) is 12.3 Å². The molecule has 1 nitrogen and oxygen atoms in total. The summed E-state index contributed by atoms with van der Waals surface area (Å²) < 4.78 is 14.0. The molecule has 0 aromatic heterocycles. The molecule has 1 atom stereocenters. The molecule has 0 aliphatic carbocycles. The first-order valence-electron chi connectivity index (χ1n) is 4.79. The van der Waals surface area contributed by atoms with Gasteiger partial charge in [0.15, 0.2) is 0 Å². The molecule has 1 unspecified atom stereocenters. The number of nitrogens with two attached hydrogens (primary N) is 1. The van der Waals surface area contributed by atoms with E-state index in [1.807, 2.05) is 0 Å². The van der Waals surface area contributed by atoms with Crippen molar-refractivity contribution in [1.82, 2.24) is 0 Å². The molecule has 0 saturated carbocycles. The van der Waals surface area contributed by atoms with Gasteiger partial charge < -0.3 is 5.73 Å². The Hall–Kier alpha value is -0.850. The first kappa shape index (κ1) is 12.2. The predicted molar refractivity (Wildman–Crippen MR) is 63.7 cm³/mol. The van der Waals surface area contributed by atoms with Gasteiger partial charge >= 0.3 is 0 Å². The molecule has 3 heteroatoms. The van der Waals surface area contributed by atoms with Crippen molar-refractivity contribution in [2.75, 3.05) is 0 Å². The van der Waals surface area contributed by atoms with E-state index in [2.05, 4.69) is 21.9 Å². The van der Waals surface area contributed by atoms with Gasteiger partial charge in [0.05, 0.1) is 4.47 Å². The molecule has 0 spiro atoms. The van der Waals surface area contributed by atoms with Crippen molar-refractivity contribution in [1.29, 1.82) is 0 Å². The molecule has 0 heterocycles. The van der Waals surface area contributed by atoms with Crippen molar-refractivity contribution in [3.05, 3.63) is 34.1 Å². The molecule has 1 aromatic rings. The lowest BCUT2D eigenvalue weighted by molar-refractivity contribution is 0.550. The van der Waals surface area contributed by atoms with Crippen LogP contribution in [0.1, 0.15) is 30.9 Å². The molecular weight excluding hydrogens is 257 g/mol. The Labute approximate surface area is 98.0 Å². The Balaban J connectivity index is 2.70. The van der Waals surface area contributed by atoms with Gasteiger partial charge in [-0.15, -0.1) is 12.3 Å². The van der Waals surface area contributed by atoms with Crippen LogP contribution in [0.3, 0.4) is 0 Å². The second-order valence-electron chi connectivity index (χ2n) is 3.35. The van der Waals surface area contributed by atoms with Gasteiger partial charge in [-0.3, -0.25) is 0 Å². The topological polar surface area (TPSA) is 26.0 Å². The smallest absolute Gasteiger partial charge is 0.142 e. The van der Waals surface area contributed by atoms with E-state index < -0.39 is 0 Å². The predicted octanol–water partition coefficient (Wildman–Crippen LogP) is 3.39. The molecule has 1 aromatic carbocycles. The van der Waals surface area contributed by atoms with Crippen LogP contribution in [0.5, 0.6) is 0 Å². The maximum absolute atomic E-state index is 13.6. The summed E-state index contributed by atoms with van der Waals surface area (Å²) in [4.78, 5) is 0. The van der Waals surface area contributed by atoms with Crippen LogP contribution in [-0.4, -0.2) is 0 Å². The largest absolute Gasteiger partial charge is 0.324 e. The summed E-state index contributed by atoms with van der Waals surface area (Å²) in [7, 11) is 0. The van der Waals surface area contributed by atoms with E-state index in [-0.39, 0.29) is 11.9 Å². The van der Waals surface area contributed by atoms with Crippen LogP contribution in [0.15, 0.2) is 22.7 Å². The highest BCUT2D eigenvalue weighted by atomic mass is 79.9. The molecule has 0 aliphatic heterocycles. The fourth-order valence-corrected chi connectivity index (χ4v) is 1.77. The van der Waals surface area contributed by atoms with Gasteiger partial charge in [-0.1, -0.05) is 12.1 Å². The average Bonchev–Trinajstić information content (AvgIpc) is 2.22. The molecule has 0 fully saturated rings. The van der Waals surface area contributed by atoms with E-state index in [4.69, 9.17) is 12.2 Å². The standard InChI is InChI=1S/C12H13BrFN/c1-2-3-4-8-11(15)9-6-5-7-10(13)12(9)14/h1,5-7,11H,3-4,8,15H2. The third-order valence-electron chi connectivity index (χ3n) is 2.22. The third kappa shape index (κ3) is 3.33. The number of terminal acetylenes is 1. The average molecular weight is 270 g/mol. The van der Waals surface area contributed by atoms with Crippen LogP contribution in [0, 0.1) is 18.2 Å². The van der Waals surface area contributed by atoms with Gasteiger partial charge in [0.25, 0.3) is 0 Å². The summed E-state index contributed by atoms with van der Waals surface area (Å²) in [5, 5.41) is 0. The highest BCUT2D eigenvalue weighted by Crippen LogP contribution is 2.25. The Kier molecular flexibility index (Phi) is 4.80. The van der Waals surface area contributed by atoms with Gasteiger partial charge in [-0.2, -0.15) is 0 Å². The quantitative estimate of drug-likeness (QED) is 0.658. The second kappa shape index (κ2) is 5.89. The summed E-state index contributed by atoms with van der Waals surface area (Å²) in [5.74, 6) is 2.27. The minimum Gasteiger partial charge on any atom is -0.324 e. The maximum Gasteiger partial charge on any atom is 0.142 e. The molecule has 0 amide bonds. The zero-order valence-corrected chi connectivity index (χ0v) is 9.93. The van der Waals surface area contributed by atoms with Crippen molar-refractivity contribution >= 4 is 15.9 Å². The minimum atomic E-state index is -0.282. The summed E-state index contributed by atoms with van der Waals surface area (Å²) in [6.45, 7) is 0. The van der Waals surface area contributed by atoms with Crippen LogP contribution < -0.4 is 5.73 Å². The maximum atomic E-state index is 13.6. The van der Waals surface area contributed by atoms with Gasteiger partial charge in [0.1, 0.15) is 5.82 Å². The molecule has 2 N–H and O–H groups in total. The number of halogens is 2.